The third-order valence-corrected chi connectivity index (χ3v) is 5.65. The maximum atomic E-state index is 12.5. The van der Waals surface area contributed by atoms with Crippen LogP contribution in [-0.2, 0) is 18.6 Å². The summed E-state index contributed by atoms with van der Waals surface area (Å²) >= 11 is 4.87. The molecule has 3 rings (SSSR count). The van der Waals surface area contributed by atoms with Crippen LogP contribution in [0.2, 0.25) is 0 Å². The number of H-pyrrole nitrogens is 1. The monoisotopic (exact) mass is 459 g/mol. The Morgan fingerprint density at radius 2 is 1.93 bits per heavy atom. The van der Waals surface area contributed by atoms with E-state index in [-0.39, 0.29) is 11.2 Å². The lowest BCUT2D eigenvalue weighted by Gasteiger charge is -2.09. The van der Waals surface area contributed by atoms with E-state index in [1.54, 1.807) is 12.1 Å². The minimum absolute atomic E-state index is 0.0592. The molecule has 2 aromatic carbocycles. The fraction of sp³-hybridized carbons (Fsp3) is 0.200. The van der Waals surface area contributed by atoms with Crippen LogP contribution in [-0.4, -0.2) is 14.9 Å². The standard InChI is InChI=1S/C20H18BrN3O3S/c1-2-17-18(11-14-4-3-5-15(21)10-14)22-20(23-19(17)25)28-12-13-6-8-16(9-7-13)24(26)27/h3-10H,2,11-12H2,1H3,(H,22,23,25). The number of hydrogen-bond acceptors (Lipinski definition) is 5. The van der Waals surface area contributed by atoms with Gasteiger partial charge in [-0.3, -0.25) is 14.9 Å². The molecule has 0 saturated heterocycles. The predicted octanol–water partition coefficient (Wildman–Crippen LogP) is 4.89. The normalized spacial score (nSPS) is 10.8. The fourth-order valence-corrected chi connectivity index (χ4v) is 4.09. The third-order valence-electron chi connectivity index (χ3n) is 4.22. The van der Waals surface area contributed by atoms with Crippen molar-refractivity contribution in [2.45, 2.75) is 30.7 Å². The van der Waals surface area contributed by atoms with E-state index in [1.165, 1.54) is 23.9 Å². The lowest BCUT2D eigenvalue weighted by Crippen LogP contribution is -2.18. The molecule has 28 heavy (non-hydrogen) atoms. The smallest absolute Gasteiger partial charge is 0.269 e. The van der Waals surface area contributed by atoms with Gasteiger partial charge in [-0.05, 0) is 29.7 Å². The highest BCUT2D eigenvalue weighted by atomic mass is 79.9. The zero-order chi connectivity index (χ0) is 20.1. The van der Waals surface area contributed by atoms with Gasteiger partial charge in [0.1, 0.15) is 0 Å². The Hall–Kier alpha value is -2.45. The number of nitrogens with zero attached hydrogens (tertiary/aromatic N) is 2. The number of nitro groups is 1. The maximum absolute atomic E-state index is 12.5. The molecule has 0 saturated carbocycles. The Kier molecular flexibility index (Phi) is 6.64. The SMILES string of the molecule is CCc1c(Cc2cccc(Br)c2)nc(SCc2ccc([N+](=O)[O-])cc2)[nH]c1=O. The first-order valence-electron chi connectivity index (χ1n) is 8.69. The highest BCUT2D eigenvalue weighted by Gasteiger charge is 2.12. The van der Waals surface area contributed by atoms with Crippen molar-refractivity contribution in [3.63, 3.8) is 0 Å². The largest absolute Gasteiger partial charge is 0.301 e. The van der Waals surface area contributed by atoms with Gasteiger partial charge in [-0.15, -0.1) is 0 Å². The van der Waals surface area contributed by atoms with Gasteiger partial charge in [0.25, 0.3) is 11.2 Å². The van der Waals surface area contributed by atoms with E-state index in [0.717, 1.165) is 21.3 Å². The molecular formula is C20H18BrN3O3S. The third kappa shape index (κ3) is 5.08. The molecule has 0 atom stereocenters. The van der Waals surface area contributed by atoms with Crippen LogP contribution in [0.15, 0.2) is 63.0 Å². The summed E-state index contributed by atoms with van der Waals surface area (Å²) in [6, 6.07) is 14.3. The van der Waals surface area contributed by atoms with Crippen LogP contribution in [0, 0.1) is 10.1 Å². The molecule has 0 aliphatic heterocycles. The Bertz CT molecular complexity index is 1050. The molecule has 1 N–H and O–H groups in total. The molecular weight excluding hydrogens is 442 g/mol. The van der Waals surface area contributed by atoms with Gasteiger partial charge in [-0.25, -0.2) is 4.98 Å². The molecule has 3 aromatic rings. The van der Waals surface area contributed by atoms with E-state index < -0.39 is 4.92 Å². The molecule has 1 aromatic heterocycles. The van der Waals surface area contributed by atoms with Gasteiger partial charge in [-0.2, -0.15) is 0 Å². The molecule has 6 nitrogen and oxygen atoms in total. The summed E-state index contributed by atoms with van der Waals surface area (Å²) in [6.45, 7) is 1.94. The Balaban J connectivity index is 1.80. The lowest BCUT2D eigenvalue weighted by atomic mass is 10.0. The molecule has 0 spiro atoms. The molecule has 0 radical (unpaired) electrons. The number of thioether (sulfide) groups is 1. The van der Waals surface area contributed by atoms with Gasteiger partial charge in [-0.1, -0.05) is 58.9 Å². The number of benzene rings is 2. The van der Waals surface area contributed by atoms with E-state index in [0.29, 0.717) is 29.3 Å². The van der Waals surface area contributed by atoms with Gasteiger partial charge in [0, 0.05) is 34.3 Å². The van der Waals surface area contributed by atoms with Gasteiger partial charge in [0.2, 0.25) is 0 Å². The molecule has 8 heteroatoms. The average Bonchev–Trinajstić information content (AvgIpc) is 2.66. The van der Waals surface area contributed by atoms with Crippen molar-refractivity contribution >= 4 is 33.4 Å². The minimum atomic E-state index is -0.423. The predicted molar refractivity (Wildman–Crippen MR) is 114 cm³/mol. The van der Waals surface area contributed by atoms with Crippen LogP contribution in [0.25, 0.3) is 0 Å². The number of aromatic nitrogens is 2. The van der Waals surface area contributed by atoms with Crippen molar-refractivity contribution in [3.8, 4) is 0 Å². The molecule has 0 aliphatic rings. The van der Waals surface area contributed by atoms with Crippen molar-refractivity contribution in [2.24, 2.45) is 0 Å². The molecule has 0 unspecified atom stereocenters. The quantitative estimate of drug-likeness (QED) is 0.235. The summed E-state index contributed by atoms with van der Waals surface area (Å²) in [5, 5.41) is 11.3. The number of rotatable bonds is 7. The Labute approximate surface area is 174 Å². The molecule has 0 aliphatic carbocycles. The van der Waals surface area contributed by atoms with Crippen molar-refractivity contribution in [3.05, 3.63) is 95.9 Å². The van der Waals surface area contributed by atoms with E-state index in [9.17, 15) is 14.9 Å². The van der Waals surface area contributed by atoms with Gasteiger partial charge in [0.05, 0.1) is 10.6 Å². The van der Waals surface area contributed by atoms with Crippen molar-refractivity contribution in [1.29, 1.82) is 0 Å². The van der Waals surface area contributed by atoms with Crippen LogP contribution in [0.5, 0.6) is 0 Å². The molecule has 1 heterocycles. The van der Waals surface area contributed by atoms with Gasteiger partial charge < -0.3 is 4.98 Å². The van der Waals surface area contributed by atoms with Crippen LogP contribution in [0.3, 0.4) is 0 Å². The Morgan fingerprint density at radius 1 is 1.18 bits per heavy atom. The fourth-order valence-electron chi connectivity index (χ4n) is 2.81. The van der Waals surface area contributed by atoms with Gasteiger partial charge >= 0.3 is 0 Å². The van der Waals surface area contributed by atoms with E-state index >= 15 is 0 Å². The van der Waals surface area contributed by atoms with Crippen LogP contribution in [0.4, 0.5) is 5.69 Å². The summed E-state index contributed by atoms with van der Waals surface area (Å²) in [6.07, 6.45) is 1.19. The minimum Gasteiger partial charge on any atom is -0.301 e. The van der Waals surface area contributed by atoms with Crippen molar-refractivity contribution in [1.82, 2.24) is 9.97 Å². The number of hydrogen-bond donors (Lipinski definition) is 1. The second kappa shape index (κ2) is 9.16. The number of non-ortho nitro benzene ring substituents is 1. The molecule has 144 valence electrons. The molecule has 0 bridgehead atoms. The highest BCUT2D eigenvalue weighted by Crippen LogP contribution is 2.22. The topological polar surface area (TPSA) is 88.9 Å². The summed E-state index contributed by atoms with van der Waals surface area (Å²) in [5.74, 6) is 0.558. The second-order valence-electron chi connectivity index (χ2n) is 6.17. The molecule has 0 amide bonds. The number of halogens is 1. The van der Waals surface area contributed by atoms with E-state index in [1.807, 2.05) is 31.2 Å². The average molecular weight is 460 g/mol. The first kappa shape index (κ1) is 20.3. The number of nitro benzene ring substituents is 1. The first-order valence-corrected chi connectivity index (χ1v) is 10.5. The van der Waals surface area contributed by atoms with Gasteiger partial charge in [0.15, 0.2) is 5.16 Å². The Morgan fingerprint density at radius 3 is 2.57 bits per heavy atom. The van der Waals surface area contributed by atoms with E-state index in [2.05, 4.69) is 25.9 Å². The number of aromatic amines is 1. The zero-order valence-electron chi connectivity index (χ0n) is 15.1. The van der Waals surface area contributed by atoms with Crippen molar-refractivity contribution in [2.75, 3.05) is 0 Å². The van der Waals surface area contributed by atoms with Crippen LogP contribution < -0.4 is 5.56 Å². The van der Waals surface area contributed by atoms with Crippen LogP contribution in [0.1, 0.15) is 29.3 Å². The summed E-state index contributed by atoms with van der Waals surface area (Å²) < 4.78 is 0.987. The second-order valence-corrected chi connectivity index (χ2v) is 8.05. The molecule has 0 fully saturated rings. The number of nitrogens with one attached hydrogen (secondary N) is 1. The van der Waals surface area contributed by atoms with Crippen LogP contribution >= 0.6 is 27.7 Å². The zero-order valence-corrected chi connectivity index (χ0v) is 17.5. The maximum Gasteiger partial charge on any atom is 0.269 e. The highest BCUT2D eigenvalue weighted by molar-refractivity contribution is 9.10. The van der Waals surface area contributed by atoms with Crippen molar-refractivity contribution < 1.29 is 4.92 Å². The summed E-state index contributed by atoms with van der Waals surface area (Å²) in [5.41, 5.74) is 3.41. The summed E-state index contributed by atoms with van der Waals surface area (Å²) in [7, 11) is 0. The first-order chi connectivity index (χ1) is 13.5. The van der Waals surface area contributed by atoms with E-state index in [4.69, 9.17) is 0 Å². The lowest BCUT2D eigenvalue weighted by molar-refractivity contribution is -0.384. The summed E-state index contributed by atoms with van der Waals surface area (Å²) in [4.78, 5) is 30.3.